The Balaban J connectivity index is 1.35. The van der Waals surface area contributed by atoms with E-state index in [9.17, 15) is 9.59 Å². The summed E-state index contributed by atoms with van der Waals surface area (Å²) in [5.41, 5.74) is 4.73. The van der Waals surface area contributed by atoms with Gasteiger partial charge in [-0.3, -0.25) is 14.6 Å². The molecule has 3 heterocycles. The molecular formula is C29H28N4O2S. The zero-order valence-electron chi connectivity index (χ0n) is 20.1. The van der Waals surface area contributed by atoms with Crippen LogP contribution in [0.1, 0.15) is 38.1 Å². The fraction of sp³-hybridized carbons (Fsp3) is 0.207. The van der Waals surface area contributed by atoms with E-state index < -0.39 is 6.04 Å². The lowest BCUT2D eigenvalue weighted by Gasteiger charge is -2.25. The number of nitrogens with zero attached hydrogens (tertiary/aromatic N) is 3. The second kappa shape index (κ2) is 10.8. The zero-order valence-corrected chi connectivity index (χ0v) is 20.9. The van der Waals surface area contributed by atoms with Crippen molar-refractivity contribution in [3.63, 3.8) is 0 Å². The van der Waals surface area contributed by atoms with Crippen LogP contribution in [0.5, 0.6) is 0 Å². The van der Waals surface area contributed by atoms with Gasteiger partial charge in [-0.1, -0.05) is 66.7 Å². The molecule has 1 N–H and O–H groups in total. The number of hydrogen-bond acceptors (Lipinski definition) is 4. The highest BCUT2D eigenvalue weighted by atomic mass is 32.2. The van der Waals surface area contributed by atoms with Crippen LogP contribution in [0.15, 0.2) is 97.5 Å². The Bertz CT molecular complexity index is 1330. The smallest absolute Gasteiger partial charge is 0.253 e. The Morgan fingerprint density at radius 1 is 1.03 bits per heavy atom. The van der Waals surface area contributed by atoms with Gasteiger partial charge in [0.15, 0.2) is 0 Å². The molecule has 0 saturated carbocycles. The van der Waals surface area contributed by atoms with Crippen LogP contribution in [0, 0.1) is 0 Å². The van der Waals surface area contributed by atoms with Crippen molar-refractivity contribution < 1.29 is 9.59 Å². The largest absolute Gasteiger partial charge is 0.340 e. The minimum Gasteiger partial charge on any atom is -0.340 e. The van der Waals surface area contributed by atoms with Gasteiger partial charge >= 0.3 is 0 Å². The highest BCUT2D eigenvalue weighted by molar-refractivity contribution is 7.99. The second-order valence-electron chi connectivity index (χ2n) is 8.93. The van der Waals surface area contributed by atoms with E-state index in [-0.39, 0.29) is 17.2 Å². The van der Waals surface area contributed by atoms with Crippen molar-refractivity contribution >= 4 is 23.6 Å². The van der Waals surface area contributed by atoms with E-state index in [1.165, 1.54) is 0 Å². The molecule has 0 aliphatic carbocycles. The topological polar surface area (TPSA) is 67.2 Å². The van der Waals surface area contributed by atoms with Crippen molar-refractivity contribution in [3.05, 3.63) is 125 Å². The maximum absolute atomic E-state index is 13.5. The first-order chi connectivity index (χ1) is 17.6. The molecule has 0 fully saturated rings. The number of pyridine rings is 1. The summed E-state index contributed by atoms with van der Waals surface area (Å²) < 4.78 is 2.13. The van der Waals surface area contributed by atoms with E-state index in [1.807, 2.05) is 85.2 Å². The third kappa shape index (κ3) is 5.21. The number of thioether (sulfide) groups is 1. The Labute approximate surface area is 215 Å². The number of benzene rings is 2. The quantitative estimate of drug-likeness (QED) is 0.385. The third-order valence-electron chi connectivity index (χ3n) is 6.39. The van der Waals surface area contributed by atoms with Crippen molar-refractivity contribution in [3.8, 4) is 0 Å². The SMILES string of the molecule is CN(Cc1ccccc1)C(=O)[C@H](Cc1ccccc1)NC(=O)c1ccn2c1CS[C@@H]2c1cccnc1. The monoisotopic (exact) mass is 496 g/mol. The first-order valence-corrected chi connectivity index (χ1v) is 13.0. The lowest BCUT2D eigenvalue weighted by atomic mass is 10.0. The summed E-state index contributed by atoms with van der Waals surface area (Å²) in [6, 6.07) is 24.8. The lowest BCUT2D eigenvalue weighted by Crippen LogP contribution is -2.48. The standard InChI is InChI=1S/C29H28N4O2S/c1-32(19-22-11-6-3-7-12-22)28(35)25(17-21-9-4-2-5-10-21)31-27(34)24-14-16-33-26(24)20-36-29(33)23-13-8-15-30-18-23/h2-16,18,25,29H,17,19-20H2,1H3,(H,31,34)/t25-,29+/m0/s1. The van der Waals surface area contributed by atoms with Crippen LogP contribution in [-0.4, -0.2) is 39.4 Å². The Hall–Kier alpha value is -3.84. The number of hydrogen-bond donors (Lipinski definition) is 1. The molecule has 0 radical (unpaired) electrons. The van der Waals surface area contributed by atoms with Crippen molar-refractivity contribution in [2.24, 2.45) is 0 Å². The predicted molar refractivity (Wildman–Crippen MR) is 142 cm³/mol. The van der Waals surface area contributed by atoms with Gasteiger partial charge in [0.1, 0.15) is 11.4 Å². The molecule has 7 heteroatoms. The molecule has 2 atom stereocenters. The summed E-state index contributed by atoms with van der Waals surface area (Å²) in [6.45, 7) is 0.478. The molecule has 0 unspecified atom stereocenters. The Kier molecular flexibility index (Phi) is 7.18. The lowest BCUT2D eigenvalue weighted by molar-refractivity contribution is -0.132. The van der Waals surface area contributed by atoms with Crippen molar-refractivity contribution in [1.29, 1.82) is 0 Å². The molecule has 1 aliphatic rings. The van der Waals surface area contributed by atoms with E-state index >= 15 is 0 Å². The van der Waals surface area contributed by atoms with Crippen LogP contribution in [0.4, 0.5) is 0 Å². The average Bonchev–Trinajstić information content (AvgIpc) is 3.52. The summed E-state index contributed by atoms with van der Waals surface area (Å²) in [4.78, 5) is 32.9. The van der Waals surface area contributed by atoms with Crippen LogP contribution < -0.4 is 5.32 Å². The molecule has 1 aliphatic heterocycles. The van der Waals surface area contributed by atoms with Crippen molar-refractivity contribution in [2.45, 2.75) is 30.1 Å². The summed E-state index contributed by atoms with van der Waals surface area (Å²) >= 11 is 1.76. The minimum absolute atomic E-state index is 0.0917. The number of rotatable bonds is 8. The molecule has 6 nitrogen and oxygen atoms in total. The normalized spacial score (nSPS) is 15.2. The highest BCUT2D eigenvalue weighted by Gasteiger charge is 2.31. The molecular weight excluding hydrogens is 468 g/mol. The van der Waals surface area contributed by atoms with Crippen LogP contribution in [-0.2, 0) is 23.5 Å². The molecule has 2 aromatic carbocycles. The molecule has 0 bridgehead atoms. The number of likely N-dealkylation sites (N-methyl/N-ethyl adjacent to an activating group) is 1. The molecule has 0 spiro atoms. The van der Waals surface area contributed by atoms with Gasteiger partial charge in [-0.25, -0.2) is 0 Å². The number of amides is 2. The van der Waals surface area contributed by atoms with Gasteiger partial charge in [-0.05, 0) is 23.3 Å². The highest BCUT2D eigenvalue weighted by Crippen LogP contribution is 2.41. The van der Waals surface area contributed by atoms with Gasteiger partial charge in [0.25, 0.3) is 5.91 Å². The van der Waals surface area contributed by atoms with Crippen molar-refractivity contribution in [2.75, 3.05) is 7.05 Å². The summed E-state index contributed by atoms with van der Waals surface area (Å²) in [7, 11) is 1.78. The molecule has 36 heavy (non-hydrogen) atoms. The molecule has 2 aromatic heterocycles. The van der Waals surface area contributed by atoms with Crippen molar-refractivity contribution in [1.82, 2.24) is 19.8 Å². The second-order valence-corrected chi connectivity index (χ2v) is 10.00. The van der Waals surface area contributed by atoms with Gasteiger partial charge in [-0.2, -0.15) is 0 Å². The van der Waals surface area contributed by atoms with Gasteiger partial charge in [0.05, 0.1) is 5.56 Å². The maximum atomic E-state index is 13.5. The first kappa shape index (κ1) is 23.9. The van der Waals surface area contributed by atoms with E-state index in [2.05, 4.69) is 20.9 Å². The molecule has 2 amide bonds. The van der Waals surface area contributed by atoms with Gasteiger partial charge in [-0.15, -0.1) is 11.8 Å². The molecule has 182 valence electrons. The fourth-order valence-electron chi connectivity index (χ4n) is 4.56. The molecule has 0 saturated heterocycles. The van der Waals surface area contributed by atoms with Crippen LogP contribution in [0.25, 0.3) is 0 Å². The van der Waals surface area contributed by atoms with Crippen LogP contribution >= 0.6 is 11.8 Å². The van der Waals surface area contributed by atoms with Gasteiger partial charge in [0, 0.05) is 55.6 Å². The van der Waals surface area contributed by atoms with E-state index in [1.54, 1.807) is 29.9 Å². The number of aromatic nitrogens is 2. The zero-order chi connectivity index (χ0) is 24.9. The average molecular weight is 497 g/mol. The van der Waals surface area contributed by atoms with E-state index in [0.29, 0.717) is 18.5 Å². The summed E-state index contributed by atoms with van der Waals surface area (Å²) in [5, 5.41) is 3.15. The third-order valence-corrected chi connectivity index (χ3v) is 7.65. The number of nitrogens with one attached hydrogen (secondary N) is 1. The van der Waals surface area contributed by atoms with Crippen LogP contribution in [0.2, 0.25) is 0 Å². The molecule has 5 rings (SSSR count). The Morgan fingerprint density at radius 3 is 2.44 bits per heavy atom. The number of carbonyl (C=O) groups excluding carboxylic acids is 2. The minimum atomic E-state index is -0.674. The van der Waals surface area contributed by atoms with Crippen LogP contribution in [0.3, 0.4) is 0 Å². The van der Waals surface area contributed by atoms with Gasteiger partial charge in [0.2, 0.25) is 5.91 Å². The number of carbonyl (C=O) groups is 2. The molecule has 4 aromatic rings. The summed E-state index contributed by atoms with van der Waals surface area (Å²) in [5.74, 6) is 0.383. The van der Waals surface area contributed by atoms with Gasteiger partial charge < -0.3 is 14.8 Å². The summed E-state index contributed by atoms with van der Waals surface area (Å²) in [6.07, 6.45) is 6.01. The predicted octanol–water partition coefficient (Wildman–Crippen LogP) is 4.68. The first-order valence-electron chi connectivity index (χ1n) is 11.9. The Morgan fingerprint density at radius 2 is 1.75 bits per heavy atom. The fourth-order valence-corrected chi connectivity index (χ4v) is 5.87. The maximum Gasteiger partial charge on any atom is 0.253 e. The number of fused-ring (bicyclic) bond motifs is 1. The van der Waals surface area contributed by atoms with E-state index in [4.69, 9.17) is 0 Å². The van der Waals surface area contributed by atoms with E-state index in [0.717, 1.165) is 28.1 Å².